The SMILES string of the molecule is CSC(SC)SC.[Li+]. The van der Waals surface area contributed by atoms with E-state index in [1.54, 1.807) is 0 Å². The smallest absolute Gasteiger partial charge is 0.140 e. The molecule has 0 spiro atoms. The van der Waals surface area contributed by atoms with Gasteiger partial charge in [-0.2, -0.15) is 0 Å². The number of thioether (sulfide) groups is 3. The largest absolute Gasteiger partial charge is 1.00 e. The molecule has 0 aromatic rings. The average Bonchev–Trinajstić information content (AvgIpc) is 1.72. The number of hydrogen-bond donors (Lipinski definition) is 0. The first-order chi connectivity index (χ1) is 3.35. The second-order valence-electron chi connectivity index (χ2n) is 0.996. The Labute approximate surface area is 76.5 Å². The van der Waals surface area contributed by atoms with E-state index in [0.29, 0.717) is 0 Å². The molecule has 0 aliphatic carbocycles. The molecule has 0 saturated carbocycles. The second-order valence-corrected chi connectivity index (χ2v) is 4.72. The minimum Gasteiger partial charge on any atom is -0.140 e. The molecule has 8 heavy (non-hydrogen) atoms. The minimum absolute atomic E-state index is 0. The van der Waals surface area contributed by atoms with E-state index in [9.17, 15) is 0 Å². The van der Waals surface area contributed by atoms with Gasteiger partial charge in [-0.3, -0.25) is 0 Å². The first-order valence-electron chi connectivity index (χ1n) is 1.93. The molecule has 4 heteroatoms. The van der Waals surface area contributed by atoms with E-state index in [2.05, 4.69) is 18.8 Å². The van der Waals surface area contributed by atoms with Crippen molar-refractivity contribution in [3.8, 4) is 0 Å². The maximum Gasteiger partial charge on any atom is 1.00 e. The summed E-state index contributed by atoms with van der Waals surface area (Å²) < 4.78 is 0.736. The maximum absolute atomic E-state index is 2.14. The average molecular weight is 161 g/mol. The van der Waals surface area contributed by atoms with Crippen molar-refractivity contribution in [1.29, 1.82) is 0 Å². The van der Waals surface area contributed by atoms with E-state index >= 15 is 0 Å². The molecule has 0 atom stereocenters. The van der Waals surface area contributed by atoms with E-state index in [4.69, 9.17) is 0 Å². The molecule has 0 rings (SSSR count). The van der Waals surface area contributed by atoms with Gasteiger partial charge in [0, 0.05) is 0 Å². The summed E-state index contributed by atoms with van der Waals surface area (Å²) in [6.07, 6.45) is 6.41. The van der Waals surface area contributed by atoms with Crippen LogP contribution in [0.15, 0.2) is 0 Å². The Balaban J connectivity index is 0. The van der Waals surface area contributed by atoms with Gasteiger partial charge in [-0.1, -0.05) is 0 Å². The van der Waals surface area contributed by atoms with Crippen molar-refractivity contribution >= 4 is 35.3 Å². The zero-order chi connectivity index (χ0) is 5.70. The molecule has 0 nitrogen and oxygen atoms in total. The molecule has 0 bridgehead atoms. The third kappa shape index (κ3) is 5.78. The van der Waals surface area contributed by atoms with Crippen LogP contribution < -0.4 is 18.9 Å². The van der Waals surface area contributed by atoms with Crippen LogP contribution in [-0.4, -0.2) is 22.7 Å². The van der Waals surface area contributed by atoms with Crippen LogP contribution in [0.1, 0.15) is 0 Å². The van der Waals surface area contributed by atoms with Crippen molar-refractivity contribution in [2.75, 3.05) is 18.8 Å². The van der Waals surface area contributed by atoms with Gasteiger partial charge in [0.05, 0.1) is 3.91 Å². The summed E-state index contributed by atoms with van der Waals surface area (Å²) in [5, 5.41) is 0. The quantitative estimate of drug-likeness (QED) is 0.399. The molecule has 0 N–H and O–H groups in total. The molecule has 0 aromatic carbocycles. The Kier molecular flexibility index (Phi) is 13.3. The monoisotopic (exact) mass is 161 g/mol. The topological polar surface area (TPSA) is 0 Å². The maximum atomic E-state index is 2.14. The zero-order valence-corrected chi connectivity index (χ0v) is 8.25. The fourth-order valence-corrected chi connectivity index (χ4v) is 2.60. The van der Waals surface area contributed by atoms with E-state index < -0.39 is 0 Å². The molecule has 0 unspecified atom stereocenters. The number of hydrogen-bond acceptors (Lipinski definition) is 3. The van der Waals surface area contributed by atoms with Gasteiger partial charge < -0.3 is 0 Å². The molecular weight excluding hydrogens is 151 g/mol. The van der Waals surface area contributed by atoms with Crippen LogP contribution >= 0.6 is 35.3 Å². The van der Waals surface area contributed by atoms with E-state index in [1.165, 1.54) is 0 Å². The van der Waals surface area contributed by atoms with Gasteiger partial charge in [0.15, 0.2) is 0 Å². The molecule has 0 saturated heterocycles. The summed E-state index contributed by atoms with van der Waals surface area (Å²) in [7, 11) is 0. The van der Waals surface area contributed by atoms with Crippen molar-refractivity contribution in [2.24, 2.45) is 0 Å². The molecular formula is C4H10LiS3+. The molecule has 0 fully saturated rings. The van der Waals surface area contributed by atoms with Gasteiger partial charge in [-0.05, 0) is 18.8 Å². The Hall–Kier alpha value is 1.65. The van der Waals surface area contributed by atoms with Crippen LogP contribution in [0.5, 0.6) is 0 Å². The van der Waals surface area contributed by atoms with Gasteiger partial charge in [-0.15, -0.1) is 35.3 Å². The van der Waals surface area contributed by atoms with Gasteiger partial charge in [0.25, 0.3) is 0 Å². The molecule has 0 aromatic heterocycles. The molecule has 0 aliphatic heterocycles. The fraction of sp³-hybridized carbons (Fsp3) is 1.00. The predicted octanol–water partition coefficient (Wildman–Crippen LogP) is -0.637. The van der Waals surface area contributed by atoms with Crippen molar-refractivity contribution in [2.45, 2.75) is 3.91 Å². The Bertz CT molecular complexity index is 32.8. The van der Waals surface area contributed by atoms with Gasteiger partial charge in [-0.25, -0.2) is 0 Å². The summed E-state index contributed by atoms with van der Waals surface area (Å²) in [4.78, 5) is 0. The predicted molar refractivity (Wildman–Crippen MR) is 44.3 cm³/mol. The summed E-state index contributed by atoms with van der Waals surface area (Å²) in [5.41, 5.74) is 0. The van der Waals surface area contributed by atoms with Crippen LogP contribution in [-0.2, 0) is 0 Å². The third-order valence-electron chi connectivity index (χ3n) is 0.577. The van der Waals surface area contributed by atoms with Crippen molar-refractivity contribution in [1.82, 2.24) is 0 Å². The number of rotatable bonds is 3. The van der Waals surface area contributed by atoms with E-state index in [-0.39, 0.29) is 18.9 Å². The van der Waals surface area contributed by atoms with Crippen molar-refractivity contribution in [3.05, 3.63) is 0 Å². The summed E-state index contributed by atoms with van der Waals surface area (Å²) >= 11 is 5.69. The second kappa shape index (κ2) is 8.65. The van der Waals surface area contributed by atoms with Crippen LogP contribution in [0.3, 0.4) is 0 Å². The van der Waals surface area contributed by atoms with Crippen molar-refractivity contribution in [3.63, 3.8) is 0 Å². The summed E-state index contributed by atoms with van der Waals surface area (Å²) in [6.45, 7) is 0. The van der Waals surface area contributed by atoms with E-state index in [0.717, 1.165) is 3.91 Å². The standard InChI is InChI=1S/C4H10S3.Li/c1-5-4(6-2)7-3;/h4H,1-3H3;/q;+1. The summed E-state index contributed by atoms with van der Waals surface area (Å²) in [6, 6.07) is 0. The molecule has 0 amide bonds. The van der Waals surface area contributed by atoms with E-state index in [1.807, 2.05) is 35.3 Å². The fourth-order valence-electron chi connectivity index (χ4n) is 0.289. The molecule has 0 aliphatic rings. The molecule has 0 heterocycles. The van der Waals surface area contributed by atoms with Crippen LogP contribution in [0, 0.1) is 0 Å². The first-order valence-corrected chi connectivity index (χ1v) is 5.80. The van der Waals surface area contributed by atoms with Crippen LogP contribution in [0.2, 0.25) is 0 Å². The Morgan fingerprint density at radius 3 is 1.12 bits per heavy atom. The van der Waals surface area contributed by atoms with Gasteiger partial charge >= 0.3 is 18.9 Å². The van der Waals surface area contributed by atoms with Crippen molar-refractivity contribution < 1.29 is 18.9 Å². The Morgan fingerprint density at radius 2 is 1.12 bits per heavy atom. The third-order valence-corrected chi connectivity index (χ3v) is 5.20. The normalized spacial score (nSPS) is 9.00. The molecule has 44 valence electrons. The Morgan fingerprint density at radius 1 is 0.875 bits per heavy atom. The van der Waals surface area contributed by atoms with Gasteiger partial charge in [0.2, 0.25) is 0 Å². The molecule has 0 radical (unpaired) electrons. The zero-order valence-electron chi connectivity index (χ0n) is 5.80. The first kappa shape index (κ1) is 12.3. The summed E-state index contributed by atoms with van der Waals surface area (Å²) in [5.74, 6) is 0. The van der Waals surface area contributed by atoms with Crippen LogP contribution in [0.4, 0.5) is 0 Å². The van der Waals surface area contributed by atoms with Gasteiger partial charge in [0.1, 0.15) is 0 Å². The minimum atomic E-state index is 0. The van der Waals surface area contributed by atoms with Crippen LogP contribution in [0.25, 0.3) is 0 Å².